The molecule has 2 aromatic rings. The molecule has 3 N–H and O–H groups in total. The molecular formula is C15H20N4O. The van der Waals surface area contributed by atoms with Crippen molar-refractivity contribution in [3.8, 4) is 5.88 Å². The lowest BCUT2D eigenvalue weighted by Crippen LogP contribution is -2.09. The summed E-state index contributed by atoms with van der Waals surface area (Å²) in [5.74, 6) is 1.09. The minimum atomic E-state index is -0.0603. The molecule has 106 valence electrons. The highest BCUT2D eigenvalue weighted by atomic mass is 16.5. The SMILES string of the molecule is CCOc1cc(C)nc(Nc2ccccc2C(C)N)n1. The summed E-state index contributed by atoms with van der Waals surface area (Å²) in [4.78, 5) is 8.70. The lowest BCUT2D eigenvalue weighted by atomic mass is 10.1. The molecule has 0 aliphatic heterocycles. The zero-order chi connectivity index (χ0) is 14.5. The van der Waals surface area contributed by atoms with E-state index in [1.807, 2.05) is 51.1 Å². The average Bonchev–Trinajstić information content (AvgIpc) is 2.38. The van der Waals surface area contributed by atoms with Gasteiger partial charge in [-0.25, -0.2) is 4.98 Å². The Balaban J connectivity index is 2.30. The summed E-state index contributed by atoms with van der Waals surface area (Å²) in [7, 11) is 0. The highest BCUT2D eigenvalue weighted by Gasteiger charge is 2.09. The molecule has 0 radical (unpaired) electrons. The Hall–Kier alpha value is -2.14. The van der Waals surface area contributed by atoms with Crippen LogP contribution in [0.4, 0.5) is 11.6 Å². The van der Waals surface area contributed by atoms with Gasteiger partial charge in [0.2, 0.25) is 11.8 Å². The molecule has 1 aromatic carbocycles. The largest absolute Gasteiger partial charge is 0.478 e. The summed E-state index contributed by atoms with van der Waals surface area (Å²) >= 11 is 0. The van der Waals surface area contributed by atoms with Crippen LogP contribution in [0.2, 0.25) is 0 Å². The highest BCUT2D eigenvalue weighted by molar-refractivity contribution is 5.59. The third kappa shape index (κ3) is 3.45. The summed E-state index contributed by atoms with van der Waals surface area (Å²) in [5, 5.41) is 3.21. The maximum Gasteiger partial charge on any atom is 0.230 e. The van der Waals surface area contributed by atoms with Crippen molar-refractivity contribution in [3.05, 3.63) is 41.6 Å². The topological polar surface area (TPSA) is 73.1 Å². The van der Waals surface area contributed by atoms with E-state index in [1.54, 1.807) is 0 Å². The molecule has 0 spiro atoms. The first-order chi connectivity index (χ1) is 9.60. The van der Waals surface area contributed by atoms with E-state index in [0.29, 0.717) is 18.4 Å². The van der Waals surface area contributed by atoms with Crippen molar-refractivity contribution < 1.29 is 4.74 Å². The van der Waals surface area contributed by atoms with Crippen LogP contribution in [0.15, 0.2) is 30.3 Å². The second-order valence-corrected chi connectivity index (χ2v) is 4.61. The monoisotopic (exact) mass is 272 g/mol. The third-order valence-corrected chi connectivity index (χ3v) is 2.82. The van der Waals surface area contributed by atoms with Gasteiger partial charge in [-0.3, -0.25) is 0 Å². The molecule has 0 aliphatic rings. The Kier molecular flexibility index (Phi) is 4.53. The van der Waals surface area contributed by atoms with Crippen molar-refractivity contribution in [1.29, 1.82) is 0 Å². The van der Waals surface area contributed by atoms with Crippen LogP contribution in [0.5, 0.6) is 5.88 Å². The van der Waals surface area contributed by atoms with Gasteiger partial charge in [-0.05, 0) is 32.4 Å². The summed E-state index contributed by atoms with van der Waals surface area (Å²) in [6.07, 6.45) is 0. The van der Waals surface area contributed by atoms with Crippen molar-refractivity contribution in [2.24, 2.45) is 5.73 Å². The van der Waals surface area contributed by atoms with E-state index in [2.05, 4.69) is 15.3 Å². The van der Waals surface area contributed by atoms with Crippen molar-refractivity contribution in [1.82, 2.24) is 9.97 Å². The van der Waals surface area contributed by atoms with Gasteiger partial charge < -0.3 is 15.8 Å². The van der Waals surface area contributed by atoms with Crippen LogP contribution in [0.3, 0.4) is 0 Å². The van der Waals surface area contributed by atoms with Gasteiger partial charge in [-0.15, -0.1) is 0 Å². The van der Waals surface area contributed by atoms with Gasteiger partial charge in [0.25, 0.3) is 0 Å². The van der Waals surface area contributed by atoms with Gasteiger partial charge in [-0.2, -0.15) is 4.98 Å². The molecule has 1 heterocycles. The molecule has 0 saturated heterocycles. The molecule has 0 aliphatic carbocycles. The highest BCUT2D eigenvalue weighted by Crippen LogP contribution is 2.24. The van der Waals surface area contributed by atoms with E-state index in [0.717, 1.165) is 16.9 Å². The van der Waals surface area contributed by atoms with Gasteiger partial charge in [0.15, 0.2) is 0 Å². The Morgan fingerprint density at radius 2 is 2.05 bits per heavy atom. The maximum absolute atomic E-state index is 5.97. The summed E-state index contributed by atoms with van der Waals surface area (Å²) in [5.41, 5.74) is 8.76. The van der Waals surface area contributed by atoms with Crippen LogP contribution in [0.25, 0.3) is 0 Å². The van der Waals surface area contributed by atoms with E-state index in [1.165, 1.54) is 0 Å². The molecule has 5 nitrogen and oxygen atoms in total. The van der Waals surface area contributed by atoms with Crippen molar-refractivity contribution in [3.63, 3.8) is 0 Å². The molecule has 0 saturated carbocycles. The number of aromatic nitrogens is 2. The second kappa shape index (κ2) is 6.34. The Bertz CT molecular complexity index is 584. The number of nitrogens with zero attached hydrogens (tertiary/aromatic N) is 2. The number of para-hydroxylation sites is 1. The normalized spacial score (nSPS) is 12.0. The van der Waals surface area contributed by atoms with E-state index in [4.69, 9.17) is 10.5 Å². The van der Waals surface area contributed by atoms with E-state index >= 15 is 0 Å². The van der Waals surface area contributed by atoms with E-state index in [-0.39, 0.29) is 6.04 Å². The number of nitrogens with two attached hydrogens (primary N) is 1. The van der Waals surface area contributed by atoms with Crippen LogP contribution in [0, 0.1) is 6.92 Å². The summed E-state index contributed by atoms with van der Waals surface area (Å²) in [6, 6.07) is 9.62. The molecule has 0 amide bonds. The Morgan fingerprint density at radius 3 is 2.75 bits per heavy atom. The maximum atomic E-state index is 5.97. The van der Waals surface area contributed by atoms with Crippen molar-refractivity contribution in [2.45, 2.75) is 26.8 Å². The van der Waals surface area contributed by atoms with Crippen molar-refractivity contribution >= 4 is 11.6 Å². The number of hydrogen-bond acceptors (Lipinski definition) is 5. The smallest absolute Gasteiger partial charge is 0.230 e. The second-order valence-electron chi connectivity index (χ2n) is 4.61. The molecule has 0 bridgehead atoms. The molecule has 1 aromatic heterocycles. The van der Waals surface area contributed by atoms with Crippen molar-refractivity contribution in [2.75, 3.05) is 11.9 Å². The predicted octanol–water partition coefficient (Wildman–Crippen LogP) is 2.95. The average molecular weight is 272 g/mol. The molecule has 1 unspecified atom stereocenters. The van der Waals surface area contributed by atoms with Gasteiger partial charge >= 0.3 is 0 Å². The fourth-order valence-corrected chi connectivity index (χ4v) is 1.95. The molecule has 20 heavy (non-hydrogen) atoms. The first-order valence-corrected chi connectivity index (χ1v) is 6.70. The zero-order valence-electron chi connectivity index (χ0n) is 12.1. The zero-order valence-corrected chi connectivity index (χ0v) is 12.1. The number of aryl methyl sites for hydroxylation is 1. The minimum absolute atomic E-state index is 0.0603. The molecule has 2 rings (SSSR count). The molecular weight excluding hydrogens is 252 g/mol. The summed E-state index contributed by atoms with van der Waals surface area (Å²) in [6.45, 7) is 6.36. The van der Waals surface area contributed by atoms with Crippen LogP contribution in [-0.2, 0) is 0 Å². The van der Waals surface area contributed by atoms with Crippen LogP contribution in [-0.4, -0.2) is 16.6 Å². The van der Waals surface area contributed by atoms with Gasteiger partial charge in [0.1, 0.15) is 0 Å². The number of ether oxygens (including phenoxy) is 1. The van der Waals surface area contributed by atoms with Gasteiger partial charge in [0.05, 0.1) is 6.61 Å². The van der Waals surface area contributed by atoms with Crippen LogP contribution in [0.1, 0.15) is 31.1 Å². The van der Waals surface area contributed by atoms with Gasteiger partial charge in [0, 0.05) is 23.5 Å². The first-order valence-electron chi connectivity index (χ1n) is 6.70. The third-order valence-electron chi connectivity index (χ3n) is 2.82. The molecule has 0 fully saturated rings. The first kappa shape index (κ1) is 14.3. The van der Waals surface area contributed by atoms with Crippen LogP contribution < -0.4 is 15.8 Å². The fourth-order valence-electron chi connectivity index (χ4n) is 1.95. The fraction of sp³-hybridized carbons (Fsp3) is 0.333. The Morgan fingerprint density at radius 1 is 1.30 bits per heavy atom. The lowest BCUT2D eigenvalue weighted by Gasteiger charge is -2.14. The Labute approximate surface area is 119 Å². The summed E-state index contributed by atoms with van der Waals surface area (Å²) < 4.78 is 5.43. The number of rotatable bonds is 5. The molecule has 5 heteroatoms. The number of anilines is 2. The standard InChI is InChI=1S/C15H20N4O/c1-4-20-14-9-10(2)17-15(19-14)18-13-8-6-5-7-12(13)11(3)16/h5-9,11H,4,16H2,1-3H3,(H,17,18,19). The number of benzene rings is 1. The van der Waals surface area contributed by atoms with Gasteiger partial charge in [-0.1, -0.05) is 18.2 Å². The van der Waals surface area contributed by atoms with E-state index in [9.17, 15) is 0 Å². The van der Waals surface area contributed by atoms with Crippen LogP contribution >= 0.6 is 0 Å². The lowest BCUT2D eigenvalue weighted by molar-refractivity contribution is 0.326. The molecule has 1 atom stereocenters. The minimum Gasteiger partial charge on any atom is -0.478 e. The van der Waals surface area contributed by atoms with E-state index < -0.39 is 0 Å². The number of hydrogen-bond donors (Lipinski definition) is 2. The quantitative estimate of drug-likeness (QED) is 0.875. The predicted molar refractivity (Wildman–Crippen MR) is 80.3 cm³/mol. The number of nitrogens with one attached hydrogen (secondary N) is 1.